The molecule has 8 nitrogen and oxygen atoms in total. The summed E-state index contributed by atoms with van der Waals surface area (Å²) >= 11 is 0. The molecule has 0 saturated heterocycles. The molecule has 0 radical (unpaired) electrons. The Kier molecular flexibility index (Phi) is 11.7. The van der Waals surface area contributed by atoms with E-state index < -0.39 is 11.9 Å². The molecule has 184 valence electrons. The fraction of sp³-hybridized carbons (Fsp3) is 0.222. The molecule has 3 aromatic rings. The quantitative estimate of drug-likeness (QED) is 0.200. The highest BCUT2D eigenvalue weighted by atomic mass is 16.4. The van der Waals surface area contributed by atoms with Crippen LogP contribution in [-0.4, -0.2) is 34.6 Å². The standard InChI is InChI=1S/C25H29N3O.C2H2O4/c26-27-19-18-22-14-16-24(17-15-22)28(20-23-10-5-2-6-11-23)25(29)13-7-12-21-8-3-1-4-9-21;3-1(4)2(5)6/h1-6,8-11,14-17,27H,7,12-13,18-20,26H2;(H,3,4)(H,5,6). The van der Waals surface area contributed by atoms with Crippen LogP contribution in [0, 0.1) is 0 Å². The van der Waals surface area contributed by atoms with Gasteiger partial charge < -0.3 is 15.1 Å². The molecule has 0 fully saturated rings. The minimum absolute atomic E-state index is 0.154. The van der Waals surface area contributed by atoms with Gasteiger partial charge in [0.05, 0.1) is 6.54 Å². The Labute approximate surface area is 205 Å². The van der Waals surface area contributed by atoms with Crippen LogP contribution in [0.2, 0.25) is 0 Å². The fourth-order valence-corrected chi connectivity index (χ4v) is 3.37. The number of benzene rings is 3. The molecule has 0 aliphatic heterocycles. The van der Waals surface area contributed by atoms with Crippen LogP contribution in [0.15, 0.2) is 84.9 Å². The number of anilines is 1. The maximum atomic E-state index is 13.1. The summed E-state index contributed by atoms with van der Waals surface area (Å²) < 4.78 is 0. The van der Waals surface area contributed by atoms with Crippen LogP contribution in [0.1, 0.15) is 29.5 Å². The van der Waals surface area contributed by atoms with Crippen molar-refractivity contribution in [3.8, 4) is 0 Å². The van der Waals surface area contributed by atoms with Crippen LogP contribution >= 0.6 is 0 Å². The largest absolute Gasteiger partial charge is 0.473 e. The molecular formula is C27H31N3O5. The molecule has 0 spiro atoms. The van der Waals surface area contributed by atoms with Crippen LogP contribution < -0.4 is 16.2 Å². The summed E-state index contributed by atoms with van der Waals surface area (Å²) in [5, 5.41) is 14.8. The van der Waals surface area contributed by atoms with Gasteiger partial charge in [-0.3, -0.25) is 16.1 Å². The highest BCUT2D eigenvalue weighted by Crippen LogP contribution is 2.20. The van der Waals surface area contributed by atoms with Crippen LogP contribution in [0.25, 0.3) is 0 Å². The summed E-state index contributed by atoms with van der Waals surface area (Å²) in [6.07, 6.45) is 3.15. The number of nitrogens with zero attached hydrogens (tertiary/aromatic N) is 1. The van der Waals surface area contributed by atoms with Crippen molar-refractivity contribution in [2.24, 2.45) is 5.84 Å². The smallest absolute Gasteiger partial charge is 0.414 e. The first-order chi connectivity index (χ1) is 16.9. The highest BCUT2D eigenvalue weighted by Gasteiger charge is 2.16. The number of aliphatic carboxylic acids is 2. The number of hydrazine groups is 1. The van der Waals surface area contributed by atoms with Crippen molar-refractivity contribution in [3.63, 3.8) is 0 Å². The lowest BCUT2D eigenvalue weighted by Crippen LogP contribution is -2.30. The molecule has 0 aliphatic carbocycles. The molecule has 3 aromatic carbocycles. The van der Waals surface area contributed by atoms with Gasteiger partial charge in [0.2, 0.25) is 5.91 Å². The Morgan fingerprint density at radius 1 is 0.714 bits per heavy atom. The SMILES string of the molecule is NNCCc1ccc(N(Cc2ccccc2)C(=O)CCCc2ccccc2)cc1.O=C(O)C(=O)O. The van der Waals surface area contributed by atoms with Gasteiger partial charge in [-0.25, -0.2) is 9.59 Å². The first kappa shape index (κ1) is 27.2. The zero-order chi connectivity index (χ0) is 25.5. The number of rotatable bonds is 10. The van der Waals surface area contributed by atoms with E-state index in [0.717, 1.165) is 37.1 Å². The highest BCUT2D eigenvalue weighted by molar-refractivity contribution is 6.27. The van der Waals surface area contributed by atoms with Crippen LogP contribution in [0.4, 0.5) is 5.69 Å². The molecule has 5 N–H and O–H groups in total. The third-order valence-electron chi connectivity index (χ3n) is 5.17. The number of amides is 1. The van der Waals surface area contributed by atoms with Gasteiger partial charge in [0.1, 0.15) is 0 Å². The molecule has 35 heavy (non-hydrogen) atoms. The molecule has 0 heterocycles. The summed E-state index contributed by atoms with van der Waals surface area (Å²) in [6, 6.07) is 28.7. The van der Waals surface area contributed by atoms with Crippen LogP contribution in [-0.2, 0) is 33.8 Å². The molecule has 0 bridgehead atoms. The summed E-state index contributed by atoms with van der Waals surface area (Å²) in [4.78, 5) is 33.2. The maximum Gasteiger partial charge on any atom is 0.414 e. The van der Waals surface area contributed by atoms with Crippen molar-refractivity contribution in [2.75, 3.05) is 11.4 Å². The lowest BCUT2D eigenvalue weighted by atomic mass is 10.1. The van der Waals surface area contributed by atoms with Gasteiger partial charge >= 0.3 is 11.9 Å². The number of carboxylic acid groups (broad SMARTS) is 2. The molecule has 8 heteroatoms. The molecular weight excluding hydrogens is 446 g/mol. The Morgan fingerprint density at radius 3 is 1.74 bits per heavy atom. The van der Waals surface area contributed by atoms with Crippen molar-refractivity contribution in [2.45, 2.75) is 32.2 Å². The minimum Gasteiger partial charge on any atom is -0.473 e. The zero-order valence-electron chi connectivity index (χ0n) is 19.5. The molecule has 0 saturated carbocycles. The van der Waals surface area contributed by atoms with E-state index in [0.29, 0.717) is 13.0 Å². The summed E-state index contributed by atoms with van der Waals surface area (Å²) in [7, 11) is 0. The Hall–Kier alpha value is -4.01. The van der Waals surface area contributed by atoms with E-state index >= 15 is 0 Å². The number of carbonyl (C=O) groups is 3. The lowest BCUT2D eigenvalue weighted by molar-refractivity contribution is -0.159. The van der Waals surface area contributed by atoms with E-state index in [1.54, 1.807) is 0 Å². The summed E-state index contributed by atoms with van der Waals surface area (Å²) in [5.41, 5.74) is 7.20. The van der Waals surface area contributed by atoms with Crippen molar-refractivity contribution in [1.82, 2.24) is 5.43 Å². The second-order valence-corrected chi connectivity index (χ2v) is 7.79. The predicted molar refractivity (Wildman–Crippen MR) is 135 cm³/mol. The first-order valence-electron chi connectivity index (χ1n) is 11.3. The second kappa shape index (κ2) is 15.0. The van der Waals surface area contributed by atoms with Gasteiger partial charge in [-0.05, 0) is 48.1 Å². The third-order valence-corrected chi connectivity index (χ3v) is 5.17. The first-order valence-corrected chi connectivity index (χ1v) is 11.3. The topological polar surface area (TPSA) is 133 Å². The number of carbonyl (C=O) groups excluding carboxylic acids is 1. The third kappa shape index (κ3) is 10.2. The second-order valence-electron chi connectivity index (χ2n) is 7.79. The Balaban J connectivity index is 0.000000641. The van der Waals surface area contributed by atoms with Gasteiger partial charge in [-0.1, -0.05) is 72.8 Å². The van der Waals surface area contributed by atoms with Gasteiger partial charge in [-0.15, -0.1) is 0 Å². The molecule has 0 unspecified atom stereocenters. The average molecular weight is 478 g/mol. The normalized spacial score (nSPS) is 10.1. The molecule has 0 aliphatic rings. The van der Waals surface area contributed by atoms with E-state index in [9.17, 15) is 4.79 Å². The van der Waals surface area contributed by atoms with E-state index in [-0.39, 0.29) is 5.91 Å². The van der Waals surface area contributed by atoms with E-state index in [2.05, 4.69) is 41.8 Å². The van der Waals surface area contributed by atoms with Crippen molar-refractivity contribution < 1.29 is 24.6 Å². The predicted octanol–water partition coefficient (Wildman–Crippen LogP) is 3.40. The number of nitrogens with one attached hydrogen (secondary N) is 1. The number of carboxylic acids is 2. The lowest BCUT2D eigenvalue weighted by Gasteiger charge is -2.23. The number of aryl methyl sites for hydroxylation is 1. The zero-order valence-corrected chi connectivity index (χ0v) is 19.5. The molecule has 0 aromatic heterocycles. The van der Waals surface area contributed by atoms with Gasteiger partial charge in [0, 0.05) is 18.7 Å². The van der Waals surface area contributed by atoms with Gasteiger partial charge in [-0.2, -0.15) is 0 Å². The molecule has 0 atom stereocenters. The van der Waals surface area contributed by atoms with Crippen molar-refractivity contribution in [1.29, 1.82) is 0 Å². The number of hydrogen-bond donors (Lipinski definition) is 4. The summed E-state index contributed by atoms with van der Waals surface area (Å²) in [5.74, 6) is 1.87. The molecule has 3 rings (SSSR count). The number of hydrogen-bond acceptors (Lipinski definition) is 5. The van der Waals surface area contributed by atoms with Gasteiger partial charge in [0.25, 0.3) is 0 Å². The van der Waals surface area contributed by atoms with E-state index in [4.69, 9.17) is 25.6 Å². The van der Waals surface area contributed by atoms with E-state index in [1.165, 1.54) is 11.1 Å². The Bertz CT molecular complexity index is 1050. The van der Waals surface area contributed by atoms with E-state index in [1.807, 2.05) is 53.4 Å². The van der Waals surface area contributed by atoms with Crippen molar-refractivity contribution in [3.05, 3.63) is 102 Å². The maximum absolute atomic E-state index is 13.1. The van der Waals surface area contributed by atoms with Crippen molar-refractivity contribution >= 4 is 23.5 Å². The summed E-state index contributed by atoms with van der Waals surface area (Å²) in [6.45, 7) is 1.31. The monoisotopic (exact) mass is 477 g/mol. The number of nitrogens with two attached hydrogens (primary N) is 1. The van der Waals surface area contributed by atoms with Crippen LogP contribution in [0.5, 0.6) is 0 Å². The van der Waals surface area contributed by atoms with Crippen LogP contribution in [0.3, 0.4) is 0 Å². The Morgan fingerprint density at radius 2 is 1.23 bits per heavy atom. The molecule has 1 amide bonds. The minimum atomic E-state index is -1.82. The van der Waals surface area contributed by atoms with Gasteiger partial charge in [0.15, 0.2) is 0 Å². The fourth-order valence-electron chi connectivity index (χ4n) is 3.37. The average Bonchev–Trinajstić information content (AvgIpc) is 2.88.